The van der Waals surface area contributed by atoms with Crippen molar-refractivity contribution in [2.24, 2.45) is 0 Å². The van der Waals surface area contributed by atoms with Crippen molar-refractivity contribution in [2.45, 2.75) is 44.4 Å². The highest BCUT2D eigenvalue weighted by molar-refractivity contribution is 5.75. The maximum Gasteiger partial charge on any atom is 0.390 e. The summed E-state index contributed by atoms with van der Waals surface area (Å²) in [6.45, 7) is 1.40. The van der Waals surface area contributed by atoms with E-state index >= 15 is 0 Å². The Bertz CT molecular complexity index is 441. The molecule has 1 fully saturated rings. The second kappa shape index (κ2) is 5.76. The third kappa shape index (κ3) is 3.91. The van der Waals surface area contributed by atoms with Crippen molar-refractivity contribution >= 4 is 6.03 Å². The van der Waals surface area contributed by atoms with E-state index in [0.29, 0.717) is 5.76 Å². The van der Waals surface area contributed by atoms with E-state index in [0.717, 1.165) is 12.8 Å². The van der Waals surface area contributed by atoms with Gasteiger partial charge >= 0.3 is 12.2 Å². The SMILES string of the molecule is CC(c1ccco1)N(C(=O)NCCC(F)(F)F)C1CC1. The Balaban J connectivity index is 1.93. The fourth-order valence-corrected chi connectivity index (χ4v) is 2.08. The monoisotopic (exact) mass is 290 g/mol. The smallest absolute Gasteiger partial charge is 0.390 e. The molecule has 1 N–H and O–H groups in total. The number of rotatable bonds is 5. The van der Waals surface area contributed by atoms with Crippen molar-refractivity contribution in [1.29, 1.82) is 0 Å². The number of nitrogens with zero attached hydrogens (tertiary/aromatic N) is 1. The lowest BCUT2D eigenvalue weighted by atomic mass is 10.2. The fraction of sp³-hybridized carbons (Fsp3) is 0.615. The van der Waals surface area contributed by atoms with Crippen molar-refractivity contribution in [3.8, 4) is 0 Å². The maximum atomic E-state index is 12.1. The highest BCUT2D eigenvalue weighted by atomic mass is 19.4. The topological polar surface area (TPSA) is 45.5 Å². The van der Waals surface area contributed by atoms with Crippen molar-refractivity contribution < 1.29 is 22.4 Å². The normalized spacial score (nSPS) is 16.8. The average molecular weight is 290 g/mol. The summed E-state index contributed by atoms with van der Waals surface area (Å²) in [4.78, 5) is 13.6. The number of nitrogens with one attached hydrogen (secondary N) is 1. The highest BCUT2D eigenvalue weighted by Crippen LogP contribution is 2.34. The molecule has 1 heterocycles. The van der Waals surface area contributed by atoms with Crippen LogP contribution in [0.15, 0.2) is 22.8 Å². The Kier molecular flexibility index (Phi) is 4.25. The summed E-state index contributed by atoms with van der Waals surface area (Å²) in [6, 6.07) is 2.80. The lowest BCUT2D eigenvalue weighted by Gasteiger charge is -2.28. The second-order valence-corrected chi connectivity index (χ2v) is 4.93. The minimum atomic E-state index is -4.26. The van der Waals surface area contributed by atoms with Crippen LogP contribution in [0, 0.1) is 0 Å². The van der Waals surface area contributed by atoms with Gasteiger partial charge in [-0.1, -0.05) is 0 Å². The number of halogens is 3. The lowest BCUT2D eigenvalue weighted by molar-refractivity contribution is -0.133. The van der Waals surface area contributed by atoms with Crippen molar-refractivity contribution in [3.05, 3.63) is 24.2 Å². The molecule has 1 aliphatic rings. The molecule has 2 amide bonds. The van der Waals surface area contributed by atoms with Gasteiger partial charge in [0.1, 0.15) is 5.76 Å². The Morgan fingerprint density at radius 1 is 1.55 bits per heavy atom. The van der Waals surface area contributed by atoms with Gasteiger partial charge in [-0.15, -0.1) is 0 Å². The maximum absolute atomic E-state index is 12.1. The van der Waals surface area contributed by atoms with Crippen LogP contribution < -0.4 is 5.32 Å². The van der Waals surface area contributed by atoms with Crippen LogP contribution in [-0.4, -0.2) is 29.7 Å². The molecule has 0 aliphatic heterocycles. The van der Waals surface area contributed by atoms with E-state index < -0.39 is 25.2 Å². The van der Waals surface area contributed by atoms with Gasteiger partial charge in [0.15, 0.2) is 0 Å². The van der Waals surface area contributed by atoms with E-state index in [2.05, 4.69) is 5.32 Å². The van der Waals surface area contributed by atoms with Crippen LogP contribution in [0.4, 0.5) is 18.0 Å². The zero-order valence-electron chi connectivity index (χ0n) is 11.1. The average Bonchev–Trinajstić information content (AvgIpc) is 3.01. The van der Waals surface area contributed by atoms with Gasteiger partial charge in [0.25, 0.3) is 0 Å². The predicted molar refractivity (Wildman–Crippen MR) is 66.1 cm³/mol. The molecule has 4 nitrogen and oxygen atoms in total. The molecule has 7 heteroatoms. The quantitative estimate of drug-likeness (QED) is 0.902. The van der Waals surface area contributed by atoms with Gasteiger partial charge in [0, 0.05) is 12.6 Å². The molecule has 0 spiro atoms. The first-order valence-corrected chi connectivity index (χ1v) is 6.55. The molecular formula is C13H17F3N2O2. The molecule has 1 unspecified atom stereocenters. The molecule has 20 heavy (non-hydrogen) atoms. The summed E-state index contributed by atoms with van der Waals surface area (Å²) in [6.07, 6.45) is -2.02. The fourth-order valence-electron chi connectivity index (χ4n) is 2.08. The zero-order chi connectivity index (χ0) is 14.8. The molecular weight excluding hydrogens is 273 g/mol. The Labute approximate surface area is 114 Å². The van der Waals surface area contributed by atoms with Gasteiger partial charge in [-0.2, -0.15) is 13.2 Å². The van der Waals surface area contributed by atoms with Crippen molar-refractivity contribution in [3.63, 3.8) is 0 Å². The number of urea groups is 1. The molecule has 1 aliphatic carbocycles. The first-order valence-electron chi connectivity index (χ1n) is 6.55. The van der Waals surface area contributed by atoms with Crippen LogP contribution in [0.25, 0.3) is 0 Å². The number of amides is 2. The number of hydrogen-bond donors (Lipinski definition) is 1. The first kappa shape index (κ1) is 14.7. The number of carbonyl (C=O) groups excluding carboxylic acids is 1. The largest absolute Gasteiger partial charge is 0.467 e. The molecule has 1 atom stereocenters. The standard InChI is InChI=1S/C13H17F3N2O2/c1-9(11-3-2-8-20-11)18(10-4-5-10)12(19)17-7-6-13(14,15)16/h2-3,8-10H,4-7H2,1H3,(H,17,19). The van der Waals surface area contributed by atoms with E-state index in [-0.39, 0.29) is 12.1 Å². The van der Waals surface area contributed by atoms with Gasteiger partial charge in [-0.3, -0.25) is 0 Å². The van der Waals surface area contributed by atoms with Crippen molar-refractivity contribution in [1.82, 2.24) is 10.2 Å². The Hall–Kier alpha value is -1.66. The molecule has 2 rings (SSSR count). The van der Waals surface area contributed by atoms with E-state index in [9.17, 15) is 18.0 Å². The van der Waals surface area contributed by atoms with Crippen LogP contribution in [0.5, 0.6) is 0 Å². The molecule has 0 radical (unpaired) electrons. The summed E-state index contributed by atoms with van der Waals surface area (Å²) < 4.78 is 41.5. The van der Waals surface area contributed by atoms with Gasteiger partial charge in [-0.05, 0) is 31.9 Å². The van der Waals surface area contributed by atoms with Crippen LogP contribution in [-0.2, 0) is 0 Å². The predicted octanol–water partition coefficient (Wildman–Crippen LogP) is 3.47. The molecule has 0 bridgehead atoms. The second-order valence-electron chi connectivity index (χ2n) is 4.93. The highest BCUT2D eigenvalue weighted by Gasteiger charge is 2.37. The van der Waals surface area contributed by atoms with Gasteiger partial charge < -0.3 is 14.6 Å². The first-order chi connectivity index (χ1) is 9.38. The third-order valence-corrected chi connectivity index (χ3v) is 3.23. The van der Waals surface area contributed by atoms with Crippen LogP contribution in [0.3, 0.4) is 0 Å². The number of carbonyl (C=O) groups is 1. The van der Waals surface area contributed by atoms with Gasteiger partial charge in [0.05, 0.1) is 18.7 Å². The van der Waals surface area contributed by atoms with Crippen LogP contribution in [0.1, 0.15) is 38.0 Å². The van der Waals surface area contributed by atoms with E-state index in [4.69, 9.17) is 4.42 Å². The van der Waals surface area contributed by atoms with E-state index in [1.54, 1.807) is 24.0 Å². The van der Waals surface area contributed by atoms with Gasteiger partial charge in [0.2, 0.25) is 0 Å². The number of hydrogen-bond acceptors (Lipinski definition) is 2. The van der Waals surface area contributed by atoms with Crippen LogP contribution >= 0.6 is 0 Å². The van der Waals surface area contributed by atoms with E-state index in [1.165, 1.54) is 6.26 Å². The molecule has 0 saturated heterocycles. The minimum absolute atomic E-state index is 0.0842. The molecule has 112 valence electrons. The summed E-state index contributed by atoms with van der Waals surface area (Å²) >= 11 is 0. The van der Waals surface area contributed by atoms with Crippen molar-refractivity contribution in [2.75, 3.05) is 6.54 Å². The molecule has 1 saturated carbocycles. The Morgan fingerprint density at radius 3 is 2.75 bits per heavy atom. The summed E-state index contributed by atoms with van der Waals surface area (Å²) in [5.74, 6) is 0.628. The minimum Gasteiger partial charge on any atom is -0.467 e. The lowest BCUT2D eigenvalue weighted by Crippen LogP contribution is -2.43. The zero-order valence-corrected chi connectivity index (χ0v) is 11.1. The molecule has 0 aromatic carbocycles. The summed E-state index contributed by atoms with van der Waals surface area (Å²) in [7, 11) is 0. The van der Waals surface area contributed by atoms with Crippen LogP contribution in [0.2, 0.25) is 0 Å². The Morgan fingerprint density at radius 2 is 2.25 bits per heavy atom. The molecule has 1 aromatic heterocycles. The van der Waals surface area contributed by atoms with Gasteiger partial charge in [-0.25, -0.2) is 4.79 Å². The number of alkyl halides is 3. The summed E-state index contributed by atoms with van der Waals surface area (Å²) in [5, 5.41) is 2.33. The van der Waals surface area contributed by atoms with E-state index in [1.807, 2.05) is 0 Å². The summed E-state index contributed by atoms with van der Waals surface area (Å²) in [5.41, 5.74) is 0. The third-order valence-electron chi connectivity index (χ3n) is 3.23. The number of furan rings is 1. The molecule has 1 aromatic rings.